The summed E-state index contributed by atoms with van der Waals surface area (Å²) >= 11 is 1.54. The Morgan fingerprint density at radius 2 is 1.94 bits per heavy atom. The van der Waals surface area contributed by atoms with Crippen molar-refractivity contribution in [2.24, 2.45) is 5.16 Å². The number of rotatable bonds is 6. The summed E-state index contributed by atoms with van der Waals surface area (Å²) in [5.41, 5.74) is 4.41. The molecule has 6 nitrogen and oxygen atoms in total. The number of thiazole rings is 1. The van der Waals surface area contributed by atoms with E-state index < -0.39 is 0 Å². The molecule has 0 saturated heterocycles. The zero-order chi connectivity index (χ0) is 25.2. The number of benzene rings is 2. The third kappa shape index (κ3) is 5.04. The monoisotopic (exact) mass is 500 g/mol. The van der Waals surface area contributed by atoms with Crippen LogP contribution in [0.1, 0.15) is 62.6 Å². The largest absolute Gasteiger partial charge is 0.385 e. The van der Waals surface area contributed by atoms with Gasteiger partial charge in [0.2, 0.25) is 0 Å². The second-order valence-electron chi connectivity index (χ2n) is 8.88. The highest BCUT2D eigenvalue weighted by Crippen LogP contribution is 2.32. The average Bonchev–Trinajstić information content (AvgIpc) is 3.54. The quantitative estimate of drug-likeness (QED) is 0.336. The molecule has 5 rings (SSSR count). The highest BCUT2D eigenvalue weighted by Gasteiger charge is 2.26. The fourth-order valence-electron chi connectivity index (χ4n) is 4.12. The van der Waals surface area contributed by atoms with E-state index in [0.29, 0.717) is 34.4 Å². The van der Waals surface area contributed by atoms with Gasteiger partial charge in [0.25, 0.3) is 5.91 Å². The van der Waals surface area contributed by atoms with Crippen molar-refractivity contribution in [2.75, 3.05) is 0 Å². The van der Waals surface area contributed by atoms with E-state index in [-0.39, 0.29) is 23.9 Å². The summed E-state index contributed by atoms with van der Waals surface area (Å²) in [6.07, 6.45) is 3.68. The summed E-state index contributed by atoms with van der Waals surface area (Å²) in [5.74, 6) is -0.618. The fraction of sp³-hybridized carbons (Fsp3) is 0.214. The van der Waals surface area contributed by atoms with Gasteiger partial charge in [0, 0.05) is 40.4 Å². The summed E-state index contributed by atoms with van der Waals surface area (Å²) in [4.78, 5) is 28.8. The molecule has 2 aromatic heterocycles. The summed E-state index contributed by atoms with van der Waals surface area (Å²) in [7, 11) is 0. The maximum atomic E-state index is 14.9. The van der Waals surface area contributed by atoms with Gasteiger partial charge in [-0.2, -0.15) is 0 Å². The summed E-state index contributed by atoms with van der Waals surface area (Å²) in [5, 5.41) is 8.13. The molecule has 0 radical (unpaired) electrons. The number of carbonyl (C=O) groups is 1. The first-order valence-corrected chi connectivity index (χ1v) is 12.5. The van der Waals surface area contributed by atoms with Gasteiger partial charge >= 0.3 is 0 Å². The number of halogens is 1. The van der Waals surface area contributed by atoms with Crippen molar-refractivity contribution >= 4 is 23.0 Å². The van der Waals surface area contributed by atoms with E-state index in [0.717, 1.165) is 21.1 Å². The Morgan fingerprint density at radius 3 is 2.67 bits per heavy atom. The summed E-state index contributed by atoms with van der Waals surface area (Å²) in [6, 6.07) is 15.8. The Hall–Kier alpha value is -3.91. The van der Waals surface area contributed by atoms with Gasteiger partial charge in [-0.3, -0.25) is 9.78 Å². The van der Waals surface area contributed by atoms with Crippen molar-refractivity contribution < 1.29 is 14.0 Å². The van der Waals surface area contributed by atoms with E-state index in [2.05, 4.69) is 20.4 Å². The molecule has 2 aromatic carbocycles. The van der Waals surface area contributed by atoms with Crippen LogP contribution in [0.2, 0.25) is 0 Å². The minimum Gasteiger partial charge on any atom is -0.385 e. The number of aromatic nitrogens is 2. The van der Waals surface area contributed by atoms with Gasteiger partial charge in [0.1, 0.15) is 10.8 Å². The van der Waals surface area contributed by atoms with Crippen LogP contribution >= 0.6 is 11.3 Å². The van der Waals surface area contributed by atoms with Crippen LogP contribution in [0.3, 0.4) is 0 Å². The Labute approximate surface area is 212 Å². The van der Waals surface area contributed by atoms with Crippen LogP contribution in [0.5, 0.6) is 0 Å². The molecule has 0 aliphatic carbocycles. The lowest BCUT2D eigenvalue weighted by Gasteiger charge is -2.14. The number of pyridine rings is 1. The van der Waals surface area contributed by atoms with Gasteiger partial charge in [-0.1, -0.05) is 23.4 Å². The standard InChI is InChI=1S/C28H25FN4O2S/c1-16-7-8-22(23(29)10-16)19-11-20(25-14-26(35-33-25)24-6-4-5-9-30-24)13-21(12-19)27(34)32-18(3)28-31-15-17(2)36-28/h4-13,15,18,26H,14H2,1-3H3,(H,32,34). The predicted octanol–water partition coefficient (Wildman–Crippen LogP) is 6.32. The second kappa shape index (κ2) is 9.99. The third-order valence-corrected chi connectivity index (χ3v) is 7.10. The molecule has 0 bridgehead atoms. The van der Waals surface area contributed by atoms with Crippen LogP contribution in [0.15, 0.2) is 72.1 Å². The molecule has 1 amide bonds. The first kappa shape index (κ1) is 23.8. The first-order chi connectivity index (χ1) is 17.4. The lowest BCUT2D eigenvalue weighted by Crippen LogP contribution is -2.26. The van der Waals surface area contributed by atoms with Crippen molar-refractivity contribution in [3.63, 3.8) is 0 Å². The second-order valence-corrected chi connectivity index (χ2v) is 10.1. The molecule has 1 aliphatic rings. The van der Waals surface area contributed by atoms with E-state index in [4.69, 9.17) is 4.84 Å². The van der Waals surface area contributed by atoms with Crippen molar-refractivity contribution in [3.05, 3.63) is 105 Å². The molecule has 0 fully saturated rings. The molecule has 2 unspecified atom stereocenters. The van der Waals surface area contributed by atoms with Crippen LogP contribution in [-0.4, -0.2) is 21.6 Å². The number of aryl methyl sites for hydroxylation is 2. The molecule has 182 valence electrons. The number of nitrogens with one attached hydrogen (secondary N) is 1. The molecule has 36 heavy (non-hydrogen) atoms. The van der Waals surface area contributed by atoms with E-state index in [1.54, 1.807) is 41.9 Å². The molecule has 8 heteroatoms. The van der Waals surface area contributed by atoms with E-state index in [1.165, 1.54) is 6.07 Å². The normalized spacial score (nSPS) is 15.8. The maximum absolute atomic E-state index is 14.9. The van der Waals surface area contributed by atoms with Gasteiger partial charge in [-0.05, 0) is 68.3 Å². The van der Waals surface area contributed by atoms with Gasteiger partial charge in [-0.25, -0.2) is 9.37 Å². The molecule has 1 aliphatic heterocycles. The zero-order valence-corrected chi connectivity index (χ0v) is 21.0. The minimum atomic E-state index is -0.346. The van der Waals surface area contributed by atoms with Crippen LogP contribution < -0.4 is 5.32 Å². The maximum Gasteiger partial charge on any atom is 0.251 e. The molecular weight excluding hydrogens is 475 g/mol. The van der Waals surface area contributed by atoms with Crippen molar-refractivity contribution in [2.45, 2.75) is 39.3 Å². The molecule has 1 N–H and O–H groups in total. The van der Waals surface area contributed by atoms with Crippen molar-refractivity contribution in [3.8, 4) is 11.1 Å². The average molecular weight is 501 g/mol. The summed E-state index contributed by atoms with van der Waals surface area (Å²) in [6.45, 7) is 5.71. The molecule has 0 saturated carbocycles. The Morgan fingerprint density at radius 1 is 1.11 bits per heavy atom. The fourth-order valence-corrected chi connectivity index (χ4v) is 4.90. The molecule has 3 heterocycles. The highest BCUT2D eigenvalue weighted by molar-refractivity contribution is 7.11. The lowest BCUT2D eigenvalue weighted by molar-refractivity contribution is 0.0826. The molecule has 2 atom stereocenters. The van der Waals surface area contributed by atoms with Crippen LogP contribution in [0.4, 0.5) is 4.39 Å². The summed E-state index contributed by atoms with van der Waals surface area (Å²) < 4.78 is 14.9. The Bertz CT molecular complexity index is 1450. The number of amides is 1. The van der Waals surface area contributed by atoms with Crippen molar-refractivity contribution in [1.29, 1.82) is 0 Å². The van der Waals surface area contributed by atoms with Gasteiger partial charge in [0.05, 0.1) is 17.4 Å². The van der Waals surface area contributed by atoms with Gasteiger partial charge in [0.15, 0.2) is 6.10 Å². The predicted molar refractivity (Wildman–Crippen MR) is 139 cm³/mol. The number of carbonyl (C=O) groups excluding carboxylic acids is 1. The molecule has 0 spiro atoms. The zero-order valence-electron chi connectivity index (χ0n) is 20.2. The topological polar surface area (TPSA) is 76.5 Å². The number of hydrogen-bond donors (Lipinski definition) is 1. The molecule has 4 aromatic rings. The number of hydrogen-bond acceptors (Lipinski definition) is 6. The first-order valence-electron chi connectivity index (χ1n) is 11.7. The van der Waals surface area contributed by atoms with E-state index in [1.807, 2.05) is 51.1 Å². The van der Waals surface area contributed by atoms with Crippen LogP contribution in [-0.2, 0) is 4.84 Å². The minimum absolute atomic E-state index is 0.264. The molecular formula is C28H25FN4O2S. The van der Waals surface area contributed by atoms with Gasteiger partial charge in [-0.15, -0.1) is 11.3 Å². The van der Waals surface area contributed by atoms with Crippen LogP contribution in [0.25, 0.3) is 11.1 Å². The van der Waals surface area contributed by atoms with Crippen LogP contribution in [0, 0.1) is 19.7 Å². The Kier molecular flexibility index (Phi) is 6.61. The lowest BCUT2D eigenvalue weighted by atomic mass is 9.94. The van der Waals surface area contributed by atoms with E-state index >= 15 is 0 Å². The Balaban J connectivity index is 1.49. The van der Waals surface area contributed by atoms with Gasteiger partial charge < -0.3 is 10.2 Å². The smallest absolute Gasteiger partial charge is 0.251 e. The number of oxime groups is 1. The van der Waals surface area contributed by atoms with Crippen molar-refractivity contribution in [1.82, 2.24) is 15.3 Å². The van der Waals surface area contributed by atoms with E-state index in [9.17, 15) is 9.18 Å². The SMILES string of the molecule is Cc1ccc(-c2cc(C(=O)NC(C)c3ncc(C)s3)cc(C3=NOC(c4ccccn4)C3)c2)c(F)c1. The third-order valence-electron chi connectivity index (χ3n) is 6.01. The number of nitrogens with zero attached hydrogens (tertiary/aromatic N) is 3. The highest BCUT2D eigenvalue weighted by atomic mass is 32.1.